The zero-order valence-corrected chi connectivity index (χ0v) is 46.3. The van der Waals surface area contributed by atoms with E-state index in [1.165, 1.54) is 205 Å². The average Bonchev–Trinajstić information content (AvgIpc) is 3.35. The Balaban J connectivity index is 4.36. The van der Waals surface area contributed by atoms with Gasteiger partial charge in [-0.2, -0.15) is 0 Å². The summed E-state index contributed by atoms with van der Waals surface area (Å²) in [7, 11) is 0. The lowest BCUT2D eigenvalue weighted by Gasteiger charge is -2.18. The van der Waals surface area contributed by atoms with Crippen molar-refractivity contribution in [2.45, 2.75) is 335 Å². The van der Waals surface area contributed by atoms with Gasteiger partial charge >= 0.3 is 17.9 Å². The molecule has 0 spiro atoms. The molecular weight excluding hydrogens is 853 g/mol. The second-order valence-corrected chi connectivity index (χ2v) is 20.6. The first-order chi connectivity index (χ1) is 34.0. The van der Waals surface area contributed by atoms with Crippen LogP contribution in [0.1, 0.15) is 329 Å². The van der Waals surface area contributed by atoms with Gasteiger partial charge in [0.05, 0.1) is 0 Å². The second-order valence-electron chi connectivity index (χ2n) is 20.6. The molecule has 0 N–H and O–H groups in total. The second kappa shape index (κ2) is 58.2. The standard InChI is InChI=1S/C63H116O6/c1-4-7-10-13-16-19-22-25-28-31-33-35-38-41-44-47-50-53-56-62(65)68-59-60(58-67-61(64)55-52-49-46-43-40-37-34-30-27-24-21-18-15-12-9-6-3)69-63(66)57-54-51-48-45-42-39-36-32-29-26-23-20-17-14-11-8-5-2/h17,20,26,29,36,39,60H,4-16,18-19,21-25,27-28,30-35,37-38,40-59H2,1-3H3/b20-17-,29-26-,39-36-/t60-/m1/s1. The van der Waals surface area contributed by atoms with Gasteiger partial charge in [-0.3, -0.25) is 14.4 Å². The number of carbonyl (C=O) groups is 3. The van der Waals surface area contributed by atoms with Crippen LogP contribution in [0.3, 0.4) is 0 Å². The molecule has 0 unspecified atom stereocenters. The van der Waals surface area contributed by atoms with Crippen molar-refractivity contribution in [3.63, 3.8) is 0 Å². The summed E-state index contributed by atoms with van der Waals surface area (Å²) in [5, 5.41) is 0. The zero-order valence-electron chi connectivity index (χ0n) is 46.3. The van der Waals surface area contributed by atoms with Gasteiger partial charge in [-0.1, -0.05) is 288 Å². The highest BCUT2D eigenvalue weighted by Gasteiger charge is 2.19. The largest absolute Gasteiger partial charge is 0.462 e. The molecule has 0 aliphatic carbocycles. The van der Waals surface area contributed by atoms with E-state index in [9.17, 15) is 14.4 Å². The molecule has 0 aliphatic heterocycles. The number of esters is 3. The van der Waals surface area contributed by atoms with Gasteiger partial charge < -0.3 is 14.2 Å². The van der Waals surface area contributed by atoms with Crippen molar-refractivity contribution in [3.05, 3.63) is 36.5 Å². The van der Waals surface area contributed by atoms with Crippen LogP contribution in [0.25, 0.3) is 0 Å². The van der Waals surface area contributed by atoms with E-state index in [1.807, 2.05) is 0 Å². The van der Waals surface area contributed by atoms with Gasteiger partial charge in [-0.15, -0.1) is 0 Å². The van der Waals surface area contributed by atoms with Crippen molar-refractivity contribution < 1.29 is 28.6 Å². The van der Waals surface area contributed by atoms with E-state index in [1.54, 1.807) is 0 Å². The molecule has 0 aromatic rings. The Kier molecular flexibility index (Phi) is 56.2. The molecule has 0 saturated heterocycles. The van der Waals surface area contributed by atoms with Crippen molar-refractivity contribution in [2.24, 2.45) is 0 Å². The van der Waals surface area contributed by atoms with E-state index in [4.69, 9.17) is 14.2 Å². The molecule has 0 aliphatic rings. The summed E-state index contributed by atoms with van der Waals surface area (Å²) < 4.78 is 16.9. The molecule has 404 valence electrons. The summed E-state index contributed by atoms with van der Waals surface area (Å²) in [6.07, 6.45) is 69.9. The number of carbonyl (C=O) groups excluding carboxylic acids is 3. The highest BCUT2D eigenvalue weighted by Crippen LogP contribution is 2.17. The van der Waals surface area contributed by atoms with E-state index in [0.29, 0.717) is 19.3 Å². The van der Waals surface area contributed by atoms with Crippen molar-refractivity contribution >= 4 is 17.9 Å². The first-order valence-electron chi connectivity index (χ1n) is 30.5. The summed E-state index contributed by atoms with van der Waals surface area (Å²) in [5.74, 6) is -0.875. The number of unbranched alkanes of at least 4 members (excludes halogenated alkanes) is 39. The molecule has 0 bridgehead atoms. The van der Waals surface area contributed by atoms with Gasteiger partial charge in [-0.05, 0) is 57.8 Å². The monoisotopic (exact) mass is 969 g/mol. The molecule has 0 amide bonds. The van der Waals surface area contributed by atoms with Crippen LogP contribution in [0.2, 0.25) is 0 Å². The third-order valence-corrected chi connectivity index (χ3v) is 13.6. The fourth-order valence-corrected chi connectivity index (χ4v) is 9.04. The molecule has 0 heterocycles. The van der Waals surface area contributed by atoms with Gasteiger partial charge in [0.2, 0.25) is 0 Å². The number of ether oxygens (including phenoxy) is 3. The van der Waals surface area contributed by atoms with Crippen molar-refractivity contribution in [1.29, 1.82) is 0 Å². The molecule has 0 aromatic heterocycles. The molecule has 0 saturated carbocycles. The van der Waals surface area contributed by atoms with Crippen molar-refractivity contribution in [1.82, 2.24) is 0 Å². The molecule has 1 atom stereocenters. The minimum absolute atomic E-state index is 0.0762. The fourth-order valence-electron chi connectivity index (χ4n) is 9.04. The highest BCUT2D eigenvalue weighted by molar-refractivity contribution is 5.71. The van der Waals surface area contributed by atoms with Crippen LogP contribution in [-0.4, -0.2) is 37.2 Å². The summed E-state index contributed by atoms with van der Waals surface area (Å²) in [4.78, 5) is 38.2. The SMILES string of the molecule is CCCCC/C=C\C/C=C\C/C=C\CCCCCCC(=O)O[C@H](COC(=O)CCCCCCCCCCCCCCCCCC)COC(=O)CCCCCCCCCCCCCCCCCCCC. The normalized spacial score (nSPS) is 12.2. The van der Waals surface area contributed by atoms with Gasteiger partial charge in [0.15, 0.2) is 6.10 Å². The van der Waals surface area contributed by atoms with E-state index in [-0.39, 0.29) is 31.1 Å². The maximum absolute atomic E-state index is 12.9. The average molecular weight is 970 g/mol. The summed E-state index contributed by atoms with van der Waals surface area (Å²) in [6, 6.07) is 0. The van der Waals surface area contributed by atoms with Crippen LogP contribution in [0, 0.1) is 0 Å². The first kappa shape index (κ1) is 66.6. The zero-order chi connectivity index (χ0) is 50.0. The molecule has 6 heteroatoms. The first-order valence-corrected chi connectivity index (χ1v) is 30.5. The van der Waals surface area contributed by atoms with Crippen LogP contribution in [0.15, 0.2) is 36.5 Å². The quantitative estimate of drug-likeness (QED) is 0.0261. The maximum atomic E-state index is 12.9. The van der Waals surface area contributed by atoms with Gasteiger partial charge in [-0.25, -0.2) is 0 Å². The lowest BCUT2D eigenvalue weighted by Crippen LogP contribution is -2.30. The lowest BCUT2D eigenvalue weighted by atomic mass is 10.0. The van der Waals surface area contributed by atoms with Crippen molar-refractivity contribution in [3.8, 4) is 0 Å². The van der Waals surface area contributed by atoms with Crippen LogP contribution < -0.4 is 0 Å². The third kappa shape index (κ3) is 56.4. The van der Waals surface area contributed by atoms with E-state index in [0.717, 1.165) is 83.5 Å². The minimum Gasteiger partial charge on any atom is -0.462 e. The minimum atomic E-state index is -0.780. The van der Waals surface area contributed by atoms with Crippen LogP contribution >= 0.6 is 0 Å². The maximum Gasteiger partial charge on any atom is 0.306 e. The van der Waals surface area contributed by atoms with Gasteiger partial charge in [0, 0.05) is 19.3 Å². The molecule has 69 heavy (non-hydrogen) atoms. The topological polar surface area (TPSA) is 78.9 Å². The van der Waals surface area contributed by atoms with Gasteiger partial charge in [0.25, 0.3) is 0 Å². The number of rotatable bonds is 56. The Hall–Kier alpha value is -2.37. The smallest absolute Gasteiger partial charge is 0.306 e. The Morgan fingerprint density at radius 2 is 0.522 bits per heavy atom. The Morgan fingerprint density at radius 1 is 0.290 bits per heavy atom. The Labute approximate surface area is 429 Å². The number of allylic oxidation sites excluding steroid dienone is 6. The van der Waals surface area contributed by atoms with E-state index >= 15 is 0 Å². The van der Waals surface area contributed by atoms with Crippen LogP contribution in [-0.2, 0) is 28.6 Å². The predicted octanol–water partition coefficient (Wildman–Crippen LogP) is 20.4. The van der Waals surface area contributed by atoms with Gasteiger partial charge in [0.1, 0.15) is 13.2 Å². The highest BCUT2D eigenvalue weighted by atomic mass is 16.6. The lowest BCUT2D eigenvalue weighted by molar-refractivity contribution is -0.167. The Morgan fingerprint density at radius 3 is 0.841 bits per heavy atom. The molecule has 0 fully saturated rings. The number of hydrogen-bond acceptors (Lipinski definition) is 6. The van der Waals surface area contributed by atoms with E-state index in [2.05, 4.69) is 57.2 Å². The van der Waals surface area contributed by atoms with Crippen LogP contribution in [0.4, 0.5) is 0 Å². The van der Waals surface area contributed by atoms with Crippen LogP contribution in [0.5, 0.6) is 0 Å². The fraction of sp³-hybridized carbons (Fsp3) is 0.857. The summed E-state index contributed by atoms with van der Waals surface area (Å²) in [5.41, 5.74) is 0. The molecule has 6 nitrogen and oxygen atoms in total. The van der Waals surface area contributed by atoms with Crippen molar-refractivity contribution in [2.75, 3.05) is 13.2 Å². The summed E-state index contributed by atoms with van der Waals surface area (Å²) in [6.45, 7) is 6.65. The molecule has 0 aromatic carbocycles. The molecule has 0 rings (SSSR count). The van der Waals surface area contributed by atoms with E-state index < -0.39 is 6.10 Å². The molecular formula is C63H116O6. The Bertz CT molecular complexity index is 1160. The number of hydrogen-bond donors (Lipinski definition) is 0. The third-order valence-electron chi connectivity index (χ3n) is 13.6. The predicted molar refractivity (Wildman–Crippen MR) is 298 cm³/mol. The summed E-state index contributed by atoms with van der Waals surface area (Å²) >= 11 is 0. The molecule has 0 radical (unpaired) electrons.